The van der Waals surface area contributed by atoms with Crippen LogP contribution in [0.15, 0.2) is 18.2 Å². The Kier molecular flexibility index (Phi) is 4.15. The lowest BCUT2D eigenvalue weighted by Crippen LogP contribution is -2.00. The molecule has 0 saturated carbocycles. The van der Waals surface area contributed by atoms with E-state index in [2.05, 4.69) is 32.0 Å². The SMILES string of the molecule is Cc1ccc(CCCC(C)O)cc1C. The molecule has 0 spiro atoms. The van der Waals surface area contributed by atoms with Crippen molar-refractivity contribution in [3.8, 4) is 0 Å². The molecule has 0 amide bonds. The second kappa shape index (κ2) is 5.16. The molecule has 1 aromatic rings. The first-order chi connectivity index (χ1) is 6.59. The maximum absolute atomic E-state index is 9.13. The quantitative estimate of drug-likeness (QED) is 0.777. The Morgan fingerprint density at radius 3 is 2.50 bits per heavy atom. The zero-order chi connectivity index (χ0) is 10.6. The maximum Gasteiger partial charge on any atom is 0.0512 e. The fraction of sp³-hybridized carbons (Fsp3) is 0.538. The topological polar surface area (TPSA) is 20.2 Å². The second-order valence-electron chi connectivity index (χ2n) is 4.16. The van der Waals surface area contributed by atoms with Crippen LogP contribution in [0.1, 0.15) is 36.5 Å². The highest BCUT2D eigenvalue weighted by molar-refractivity contribution is 5.29. The molecule has 0 aromatic heterocycles. The van der Waals surface area contributed by atoms with Gasteiger partial charge in [0.2, 0.25) is 0 Å². The van der Waals surface area contributed by atoms with Gasteiger partial charge in [0.05, 0.1) is 6.10 Å². The average molecular weight is 192 g/mol. The Morgan fingerprint density at radius 1 is 1.21 bits per heavy atom. The second-order valence-corrected chi connectivity index (χ2v) is 4.16. The molecule has 78 valence electrons. The predicted molar refractivity (Wildman–Crippen MR) is 60.5 cm³/mol. The Morgan fingerprint density at radius 2 is 1.93 bits per heavy atom. The van der Waals surface area contributed by atoms with Crippen molar-refractivity contribution in [3.05, 3.63) is 34.9 Å². The summed E-state index contributed by atoms with van der Waals surface area (Å²) in [4.78, 5) is 0. The molecule has 0 heterocycles. The molecule has 1 N–H and O–H groups in total. The van der Waals surface area contributed by atoms with Gasteiger partial charge in [0.1, 0.15) is 0 Å². The number of hydrogen-bond acceptors (Lipinski definition) is 1. The molecule has 1 heteroatoms. The zero-order valence-corrected chi connectivity index (χ0v) is 9.38. The highest BCUT2D eigenvalue weighted by Crippen LogP contribution is 2.12. The molecule has 1 aromatic carbocycles. The third-order valence-corrected chi connectivity index (χ3v) is 2.66. The van der Waals surface area contributed by atoms with Gasteiger partial charge >= 0.3 is 0 Å². The van der Waals surface area contributed by atoms with Crippen molar-refractivity contribution in [3.63, 3.8) is 0 Å². The molecule has 1 atom stereocenters. The minimum Gasteiger partial charge on any atom is -0.393 e. The van der Waals surface area contributed by atoms with Crippen LogP contribution in [0.25, 0.3) is 0 Å². The Bertz CT molecular complexity index is 289. The van der Waals surface area contributed by atoms with Crippen LogP contribution in [0.5, 0.6) is 0 Å². The molecule has 0 aliphatic heterocycles. The normalized spacial score (nSPS) is 12.9. The zero-order valence-electron chi connectivity index (χ0n) is 9.38. The first kappa shape index (κ1) is 11.3. The van der Waals surface area contributed by atoms with Crippen molar-refractivity contribution < 1.29 is 5.11 Å². The van der Waals surface area contributed by atoms with Crippen LogP contribution in [-0.4, -0.2) is 11.2 Å². The third kappa shape index (κ3) is 3.51. The van der Waals surface area contributed by atoms with Crippen molar-refractivity contribution in [2.24, 2.45) is 0 Å². The van der Waals surface area contributed by atoms with Gasteiger partial charge in [-0.1, -0.05) is 18.2 Å². The third-order valence-electron chi connectivity index (χ3n) is 2.66. The van der Waals surface area contributed by atoms with E-state index in [0.717, 1.165) is 19.3 Å². The monoisotopic (exact) mass is 192 g/mol. The number of aliphatic hydroxyl groups excluding tert-OH is 1. The van der Waals surface area contributed by atoms with Gasteiger partial charge < -0.3 is 5.11 Å². The average Bonchev–Trinajstić information content (AvgIpc) is 2.10. The first-order valence-corrected chi connectivity index (χ1v) is 5.34. The van der Waals surface area contributed by atoms with Gasteiger partial charge in [-0.05, 0) is 56.7 Å². The highest BCUT2D eigenvalue weighted by Gasteiger charge is 1.99. The van der Waals surface area contributed by atoms with E-state index < -0.39 is 0 Å². The van der Waals surface area contributed by atoms with E-state index in [1.807, 2.05) is 6.92 Å². The number of hydrogen-bond donors (Lipinski definition) is 1. The van der Waals surface area contributed by atoms with Gasteiger partial charge in [-0.25, -0.2) is 0 Å². The minimum atomic E-state index is -0.165. The predicted octanol–water partition coefficient (Wildman–Crippen LogP) is 3.01. The van der Waals surface area contributed by atoms with Gasteiger partial charge in [-0.2, -0.15) is 0 Å². The van der Waals surface area contributed by atoms with E-state index >= 15 is 0 Å². The van der Waals surface area contributed by atoms with E-state index in [1.165, 1.54) is 16.7 Å². The van der Waals surface area contributed by atoms with Crippen LogP contribution < -0.4 is 0 Å². The molecule has 0 bridgehead atoms. The summed E-state index contributed by atoms with van der Waals surface area (Å²) in [5.41, 5.74) is 4.09. The number of aryl methyl sites for hydroxylation is 3. The molecular formula is C13H20O. The van der Waals surface area contributed by atoms with Crippen LogP contribution in [0.4, 0.5) is 0 Å². The van der Waals surface area contributed by atoms with E-state index in [4.69, 9.17) is 5.11 Å². The molecule has 1 unspecified atom stereocenters. The fourth-order valence-electron chi connectivity index (χ4n) is 1.56. The molecule has 0 radical (unpaired) electrons. The standard InChI is InChI=1S/C13H20O/c1-10-7-8-13(9-11(10)2)6-4-5-12(3)14/h7-9,12,14H,4-6H2,1-3H3. The van der Waals surface area contributed by atoms with Crippen molar-refractivity contribution in [1.82, 2.24) is 0 Å². The van der Waals surface area contributed by atoms with Crippen molar-refractivity contribution in [2.75, 3.05) is 0 Å². The largest absolute Gasteiger partial charge is 0.393 e. The maximum atomic E-state index is 9.13. The number of benzene rings is 1. The van der Waals surface area contributed by atoms with E-state index in [-0.39, 0.29) is 6.10 Å². The van der Waals surface area contributed by atoms with Gasteiger partial charge in [-0.15, -0.1) is 0 Å². The molecule has 0 fully saturated rings. The smallest absolute Gasteiger partial charge is 0.0512 e. The van der Waals surface area contributed by atoms with Crippen molar-refractivity contribution >= 4 is 0 Å². The molecule has 0 aliphatic rings. The van der Waals surface area contributed by atoms with Gasteiger partial charge in [0.15, 0.2) is 0 Å². The summed E-state index contributed by atoms with van der Waals surface area (Å²) in [6.45, 7) is 6.13. The van der Waals surface area contributed by atoms with Gasteiger partial charge in [-0.3, -0.25) is 0 Å². The van der Waals surface area contributed by atoms with Crippen LogP contribution in [0.2, 0.25) is 0 Å². The summed E-state index contributed by atoms with van der Waals surface area (Å²) >= 11 is 0. The van der Waals surface area contributed by atoms with Crippen LogP contribution in [-0.2, 0) is 6.42 Å². The lowest BCUT2D eigenvalue weighted by molar-refractivity contribution is 0.182. The molecule has 0 aliphatic carbocycles. The Labute approximate surface area is 86.8 Å². The first-order valence-electron chi connectivity index (χ1n) is 5.34. The summed E-state index contributed by atoms with van der Waals surface area (Å²) in [5, 5.41) is 9.13. The van der Waals surface area contributed by atoms with Gasteiger partial charge in [0, 0.05) is 0 Å². The van der Waals surface area contributed by atoms with Crippen molar-refractivity contribution in [1.29, 1.82) is 0 Å². The lowest BCUT2D eigenvalue weighted by Gasteiger charge is -2.06. The summed E-state index contributed by atoms with van der Waals surface area (Å²) in [7, 11) is 0. The van der Waals surface area contributed by atoms with Crippen LogP contribution in [0.3, 0.4) is 0 Å². The lowest BCUT2D eigenvalue weighted by atomic mass is 10.0. The van der Waals surface area contributed by atoms with E-state index in [1.54, 1.807) is 0 Å². The molecule has 0 saturated heterocycles. The molecule has 1 rings (SSSR count). The number of rotatable bonds is 4. The summed E-state index contributed by atoms with van der Waals surface area (Å²) in [6, 6.07) is 6.61. The molecular weight excluding hydrogens is 172 g/mol. The molecule has 1 nitrogen and oxygen atoms in total. The Hall–Kier alpha value is -0.820. The van der Waals surface area contributed by atoms with Crippen LogP contribution >= 0.6 is 0 Å². The van der Waals surface area contributed by atoms with Gasteiger partial charge in [0.25, 0.3) is 0 Å². The molecule has 14 heavy (non-hydrogen) atoms. The van der Waals surface area contributed by atoms with Crippen molar-refractivity contribution in [2.45, 2.75) is 46.1 Å². The summed E-state index contributed by atoms with van der Waals surface area (Å²) < 4.78 is 0. The van der Waals surface area contributed by atoms with E-state index in [9.17, 15) is 0 Å². The Balaban J connectivity index is 2.47. The summed E-state index contributed by atoms with van der Waals surface area (Å²) in [5.74, 6) is 0. The van der Waals surface area contributed by atoms with Crippen LogP contribution in [0, 0.1) is 13.8 Å². The highest BCUT2D eigenvalue weighted by atomic mass is 16.3. The fourth-order valence-corrected chi connectivity index (χ4v) is 1.56. The summed E-state index contributed by atoms with van der Waals surface area (Å²) in [6.07, 6.45) is 2.88. The van der Waals surface area contributed by atoms with E-state index in [0.29, 0.717) is 0 Å². The number of aliphatic hydroxyl groups is 1. The minimum absolute atomic E-state index is 0.165.